The van der Waals surface area contributed by atoms with Gasteiger partial charge in [0.25, 0.3) is 0 Å². The third-order valence-corrected chi connectivity index (χ3v) is 9.32. The quantitative estimate of drug-likeness (QED) is 0.679. The van der Waals surface area contributed by atoms with E-state index in [1.54, 1.807) is 11.4 Å². The minimum Gasteiger partial charge on any atom is -0.355 e. The molecule has 2 fully saturated rings. The molecule has 7 nitrogen and oxygen atoms in total. The van der Waals surface area contributed by atoms with Gasteiger partial charge in [-0.2, -0.15) is 0 Å². The molecule has 24 heavy (non-hydrogen) atoms. The van der Waals surface area contributed by atoms with Gasteiger partial charge in [0.2, 0.25) is 15.9 Å². The summed E-state index contributed by atoms with van der Waals surface area (Å²) in [6, 6.07) is 3.19. The van der Waals surface area contributed by atoms with Gasteiger partial charge in [-0.25, -0.2) is 21.6 Å². The molecule has 2 aliphatic rings. The van der Waals surface area contributed by atoms with Crippen molar-refractivity contribution in [3.05, 3.63) is 17.5 Å². The molecule has 1 saturated heterocycles. The van der Waals surface area contributed by atoms with Gasteiger partial charge in [0, 0.05) is 19.0 Å². The van der Waals surface area contributed by atoms with Crippen molar-refractivity contribution in [1.29, 1.82) is 0 Å². The van der Waals surface area contributed by atoms with Crippen LogP contribution in [0.3, 0.4) is 0 Å². The lowest BCUT2D eigenvalue weighted by Gasteiger charge is -2.22. The van der Waals surface area contributed by atoms with Gasteiger partial charge in [-0.1, -0.05) is 6.07 Å². The second-order valence-electron chi connectivity index (χ2n) is 6.39. The molecule has 1 saturated carbocycles. The van der Waals surface area contributed by atoms with Gasteiger partial charge in [0.05, 0.1) is 11.5 Å². The molecule has 0 unspecified atom stereocenters. The molecule has 0 bridgehead atoms. The smallest absolute Gasteiger partial charge is 0.250 e. The lowest BCUT2D eigenvalue weighted by molar-refractivity contribution is -0.123. The maximum absolute atomic E-state index is 12.2. The molecule has 134 valence electrons. The van der Waals surface area contributed by atoms with Crippen molar-refractivity contribution in [3.63, 3.8) is 0 Å². The number of hydrogen-bond donors (Lipinski definition) is 2. The van der Waals surface area contributed by atoms with Crippen molar-refractivity contribution < 1.29 is 21.6 Å². The first-order valence-corrected chi connectivity index (χ1v) is 11.9. The molecule has 0 radical (unpaired) electrons. The summed E-state index contributed by atoms with van der Waals surface area (Å²) in [6.07, 6.45) is 1.84. The lowest BCUT2D eigenvalue weighted by Crippen LogP contribution is -2.36. The summed E-state index contributed by atoms with van der Waals surface area (Å²) in [5.41, 5.74) is -0.147. The Balaban J connectivity index is 1.42. The summed E-state index contributed by atoms with van der Waals surface area (Å²) >= 11 is 1.14. The summed E-state index contributed by atoms with van der Waals surface area (Å²) < 4.78 is 49.5. The van der Waals surface area contributed by atoms with Gasteiger partial charge in [-0.3, -0.25) is 4.79 Å². The second-order valence-corrected chi connectivity index (χ2v) is 11.6. The number of carbonyl (C=O) groups excluding carboxylic acids is 1. The molecular formula is C14H20N2O5S3. The lowest BCUT2D eigenvalue weighted by atomic mass is 9.96. The average molecular weight is 393 g/mol. The molecule has 1 aromatic rings. The van der Waals surface area contributed by atoms with Gasteiger partial charge < -0.3 is 5.32 Å². The van der Waals surface area contributed by atoms with Gasteiger partial charge in [-0.05, 0) is 36.1 Å². The topological polar surface area (TPSA) is 109 Å². The molecule has 2 heterocycles. The minimum atomic E-state index is -3.51. The van der Waals surface area contributed by atoms with Crippen LogP contribution in [0.15, 0.2) is 21.7 Å². The maximum atomic E-state index is 12.2. The molecule has 1 spiro atoms. The Bertz CT molecular complexity index is 801. The van der Waals surface area contributed by atoms with Crippen LogP contribution >= 0.6 is 11.3 Å². The molecule has 1 atom stereocenters. The Labute approximate surface area is 145 Å². The Hall–Kier alpha value is -0.970. The van der Waals surface area contributed by atoms with Crippen LogP contribution in [0, 0.1) is 11.3 Å². The first kappa shape index (κ1) is 17.8. The van der Waals surface area contributed by atoms with E-state index in [4.69, 9.17) is 0 Å². The molecule has 2 N–H and O–H groups in total. The third kappa shape index (κ3) is 3.81. The van der Waals surface area contributed by atoms with E-state index in [1.165, 1.54) is 6.07 Å². The monoisotopic (exact) mass is 392 g/mol. The second kappa shape index (κ2) is 6.40. The van der Waals surface area contributed by atoms with Crippen LogP contribution in [0.25, 0.3) is 0 Å². The highest BCUT2D eigenvalue weighted by atomic mass is 32.2. The third-order valence-electron chi connectivity index (χ3n) is 4.80. The fraction of sp³-hybridized carbons (Fsp3) is 0.643. The zero-order chi connectivity index (χ0) is 17.4. The van der Waals surface area contributed by atoms with Gasteiger partial charge in [0.1, 0.15) is 14.0 Å². The summed E-state index contributed by atoms with van der Waals surface area (Å²) in [6.45, 7) is 0.342. The van der Waals surface area contributed by atoms with E-state index >= 15 is 0 Å². The van der Waals surface area contributed by atoms with Crippen LogP contribution in [-0.4, -0.2) is 47.3 Å². The first-order chi connectivity index (χ1) is 11.2. The molecule has 1 amide bonds. The average Bonchev–Trinajstić information content (AvgIpc) is 2.95. The van der Waals surface area contributed by atoms with E-state index in [1.807, 2.05) is 0 Å². The minimum absolute atomic E-state index is 0.107. The summed E-state index contributed by atoms with van der Waals surface area (Å²) in [4.78, 5) is 12.2. The van der Waals surface area contributed by atoms with Crippen LogP contribution in [0.2, 0.25) is 0 Å². The van der Waals surface area contributed by atoms with Crippen molar-refractivity contribution in [2.45, 2.75) is 23.5 Å². The fourth-order valence-corrected chi connectivity index (χ4v) is 6.91. The fourth-order valence-electron chi connectivity index (χ4n) is 3.20. The van der Waals surface area contributed by atoms with Crippen molar-refractivity contribution in [3.8, 4) is 0 Å². The Morgan fingerprint density at radius 1 is 1.29 bits per heavy atom. The van der Waals surface area contributed by atoms with E-state index in [0.717, 1.165) is 17.8 Å². The largest absolute Gasteiger partial charge is 0.355 e. The number of hydrogen-bond acceptors (Lipinski definition) is 6. The highest BCUT2D eigenvalue weighted by molar-refractivity contribution is 7.91. The van der Waals surface area contributed by atoms with Gasteiger partial charge in [0.15, 0.2) is 0 Å². The van der Waals surface area contributed by atoms with E-state index in [9.17, 15) is 21.6 Å². The van der Waals surface area contributed by atoms with Crippen LogP contribution in [0.5, 0.6) is 0 Å². The Morgan fingerprint density at radius 3 is 2.62 bits per heavy atom. The Morgan fingerprint density at radius 2 is 2.00 bits per heavy atom. The molecule has 0 aromatic carbocycles. The highest BCUT2D eigenvalue weighted by Gasteiger charge is 2.59. The molecule has 1 aromatic heterocycles. The molecule has 3 rings (SSSR count). The number of amides is 1. The van der Waals surface area contributed by atoms with Crippen LogP contribution < -0.4 is 10.0 Å². The highest BCUT2D eigenvalue weighted by Crippen LogP contribution is 2.59. The summed E-state index contributed by atoms with van der Waals surface area (Å²) in [7, 11) is -6.44. The van der Waals surface area contributed by atoms with E-state index < -0.39 is 19.9 Å². The van der Waals surface area contributed by atoms with Crippen molar-refractivity contribution >= 4 is 37.1 Å². The molecular weight excluding hydrogens is 372 g/mol. The van der Waals surface area contributed by atoms with Crippen molar-refractivity contribution in [1.82, 2.24) is 10.0 Å². The van der Waals surface area contributed by atoms with Crippen molar-refractivity contribution in [2.75, 3.05) is 24.6 Å². The van der Waals surface area contributed by atoms with E-state index in [-0.39, 0.29) is 46.0 Å². The number of thiophene rings is 1. The predicted octanol–water partition coefficient (Wildman–Crippen LogP) is 0.357. The zero-order valence-electron chi connectivity index (χ0n) is 13.0. The zero-order valence-corrected chi connectivity index (χ0v) is 15.5. The predicted molar refractivity (Wildman–Crippen MR) is 90.9 cm³/mol. The molecule has 10 heteroatoms. The van der Waals surface area contributed by atoms with Crippen LogP contribution in [-0.2, 0) is 24.7 Å². The SMILES string of the molecule is O=C(NCCNS(=O)(=O)c1cccs1)[C@H]1CC12CCS(=O)(=O)CC2. The van der Waals surface area contributed by atoms with Crippen LogP contribution in [0.1, 0.15) is 19.3 Å². The standard InChI is InChI=1S/C14H20N2O5S3/c17-13(11-10-14(11)3-8-23(18,19)9-4-14)15-5-6-16-24(20,21)12-2-1-7-22-12/h1-2,7,11,16H,3-6,8-10H2,(H,15,17)/t11-/m1/s1. The van der Waals surface area contributed by atoms with Gasteiger partial charge >= 0.3 is 0 Å². The number of nitrogens with one attached hydrogen (secondary N) is 2. The first-order valence-electron chi connectivity index (χ1n) is 7.75. The van der Waals surface area contributed by atoms with Crippen LogP contribution in [0.4, 0.5) is 0 Å². The summed E-state index contributed by atoms with van der Waals surface area (Å²) in [5.74, 6) is 0.0842. The number of carbonyl (C=O) groups is 1. The molecule has 1 aliphatic carbocycles. The normalized spacial score (nSPS) is 24.6. The number of rotatable bonds is 6. The number of sulfone groups is 1. The maximum Gasteiger partial charge on any atom is 0.250 e. The number of sulfonamides is 1. The van der Waals surface area contributed by atoms with Crippen molar-refractivity contribution in [2.24, 2.45) is 11.3 Å². The summed E-state index contributed by atoms with van der Waals surface area (Å²) in [5, 5.41) is 4.43. The van der Waals surface area contributed by atoms with E-state index in [0.29, 0.717) is 12.8 Å². The molecule has 1 aliphatic heterocycles. The Kier molecular flexibility index (Phi) is 4.75. The van der Waals surface area contributed by atoms with E-state index in [2.05, 4.69) is 10.0 Å². The van der Waals surface area contributed by atoms with Gasteiger partial charge in [-0.15, -0.1) is 11.3 Å².